The summed E-state index contributed by atoms with van der Waals surface area (Å²) in [6, 6.07) is 14.2. The summed E-state index contributed by atoms with van der Waals surface area (Å²) in [5, 5.41) is 0. The van der Waals surface area contributed by atoms with E-state index in [1.165, 1.54) is 5.56 Å². The van der Waals surface area contributed by atoms with Crippen molar-refractivity contribution >= 4 is 17.2 Å². The molecule has 3 heteroatoms. The van der Waals surface area contributed by atoms with E-state index < -0.39 is 5.41 Å². The highest BCUT2D eigenvalue weighted by Crippen LogP contribution is 2.33. The van der Waals surface area contributed by atoms with Crippen LogP contribution in [0.25, 0.3) is 0 Å². The maximum atomic E-state index is 6.06. The van der Waals surface area contributed by atoms with Gasteiger partial charge in [-0.2, -0.15) is 0 Å². The zero-order valence-electron chi connectivity index (χ0n) is 11.8. The molecule has 0 amide bonds. The van der Waals surface area contributed by atoms with Crippen molar-refractivity contribution in [2.75, 3.05) is 0 Å². The van der Waals surface area contributed by atoms with Crippen molar-refractivity contribution in [2.24, 2.45) is 5.73 Å². The summed E-state index contributed by atoms with van der Waals surface area (Å²) in [6.07, 6.45) is 11.3. The Morgan fingerprint density at radius 2 is 2.00 bits per heavy atom. The van der Waals surface area contributed by atoms with Crippen molar-refractivity contribution in [3.8, 4) is 12.3 Å². The van der Waals surface area contributed by atoms with Gasteiger partial charge in [0.15, 0.2) is 0 Å². The SMILES string of the molecule is C#CCC(CCc1ccccc1)(C(N)=S)c1cccnc1. The molecule has 1 aromatic heterocycles. The van der Waals surface area contributed by atoms with E-state index in [1.54, 1.807) is 6.20 Å². The summed E-state index contributed by atoms with van der Waals surface area (Å²) >= 11 is 5.35. The molecule has 0 aliphatic heterocycles. The highest BCUT2D eigenvalue weighted by molar-refractivity contribution is 7.80. The van der Waals surface area contributed by atoms with E-state index in [-0.39, 0.29) is 0 Å². The number of hydrogen-bond donors (Lipinski definition) is 1. The third-order valence-electron chi connectivity index (χ3n) is 3.77. The Morgan fingerprint density at radius 1 is 1.24 bits per heavy atom. The fraction of sp³-hybridized carbons (Fsp3) is 0.222. The second-order valence-corrected chi connectivity index (χ2v) is 5.49. The monoisotopic (exact) mass is 294 g/mol. The Morgan fingerprint density at radius 3 is 2.57 bits per heavy atom. The van der Waals surface area contributed by atoms with Crippen LogP contribution in [0.5, 0.6) is 0 Å². The molecule has 2 nitrogen and oxygen atoms in total. The molecule has 2 rings (SSSR count). The zero-order valence-corrected chi connectivity index (χ0v) is 12.6. The van der Waals surface area contributed by atoms with Crippen LogP contribution in [0.15, 0.2) is 54.9 Å². The first kappa shape index (κ1) is 15.2. The number of aromatic nitrogens is 1. The summed E-state index contributed by atoms with van der Waals surface area (Å²) in [5.74, 6) is 2.73. The number of nitrogens with zero attached hydrogens (tertiary/aromatic N) is 1. The lowest BCUT2D eigenvalue weighted by Gasteiger charge is -2.31. The van der Waals surface area contributed by atoms with Crippen molar-refractivity contribution in [1.29, 1.82) is 0 Å². The van der Waals surface area contributed by atoms with Gasteiger partial charge in [-0.05, 0) is 30.0 Å². The van der Waals surface area contributed by atoms with Crippen LogP contribution in [0.2, 0.25) is 0 Å². The second kappa shape index (κ2) is 7.01. The van der Waals surface area contributed by atoms with Crippen LogP contribution >= 0.6 is 12.2 Å². The molecule has 0 bridgehead atoms. The van der Waals surface area contributed by atoms with Gasteiger partial charge in [0, 0.05) is 18.8 Å². The molecule has 0 saturated carbocycles. The van der Waals surface area contributed by atoms with Gasteiger partial charge in [0.25, 0.3) is 0 Å². The third kappa shape index (κ3) is 3.48. The van der Waals surface area contributed by atoms with Crippen LogP contribution in [0.4, 0.5) is 0 Å². The standard InChI is InChI=1S/C18H18N2S/c1-2-11-18(17(19)21,16-9-6-13-20-14-16)12-10-15-7-4-3-5-8-15/h1,3-9,13-14H,10-12H2,(H2,19,21). The lowest BCUT2D eigenvalue weighted by Crippen LogP contribution is -2.40. The van der Waals surface area contributed by atoms with Crippen molar-refractivity contribution in [3.05, 3.63) is 66.0 Å². The first-order valence-corrected chi connectivity index (χ1v) is 7.28. The van der Waals surface area contributed by atoms with E-state index in [4.69, 9.17) is 24.4 Å². The van der Waals surface area contributed by atoms with Crippen LogP contribution in [0.1, 0.15) is 24.0 Å². The lowest BCUT2D eigenvalue weighted by atomic mass is 9.74. The Balaban J connectivity index is 2.32. The third-order valence-corrected chi connectivity index (χ3v) is 4.16. The number of nitrogens with two attached hydrogens (primary N) is 1. The Bertz CT molecular complexity index is 631. The molecule has 0 spiro atoms. The van der Waals surface area contributed by atoms with Crippen LogP contribution in [-0.2, 0) is 11.8 Å². The van der Waals surface area contributed by atoms with E-state index in [0.29, 0.717) is 11.4 Å². The van der Waals surface area contributed by atoms with Gasteiger partial charge in [0.05, 0.1) is 10.4 Å². The molecule has 0 aliphatic carbocycles. The molecule has 1 unspecified atom stereocenters. The summed E-state index contributed by atoms with van der Waals surface area (Å²) < 4.78 is 0. The molecule has 0 saturated heterocycles. The number of terminal acetylenes is 1. The van der Waals surface area contributed by atoms with Crippen molar-refractivity contribution < 1.29 is 0 Å². The van der Waals surface area contributed by atoms with Crippen molar-refractivity contribution in [3.63, 3.8) is 0 Å². The number of rotatable bonds is 6. The van der Waals surface area contributed by atoms with Gasteiger partial charge in [0.1, 0.15) is 0 Å². The second-order valence-electron chi connectivity index (χ2n) is 5.05. The molecule has 1 aromatic carbocycles. The van der Waals surface area contributed by atoms with Gasteiger partial charge in [-0.15, -0.1) is 12.3 Å². The molecule has 2 N–H and O–H groups in total. The normalized spacial score (nSPS) is 13.1. The predicted molar refractivity (Wildman–Crippen MR) is 90.9 cm³/mol. The first-order chi connectivity index (χ1) is 10.2. The number of pyridine rings is 1. The largest absolute Gasteiger partial charge is 0.393 e. The van der Waals surface area contributed by atoms with Crippen LogP contribution in [0, 0.1) is 12.3 Å². The average Bonchev–Trinajstić information content (AvgIpc) is 2.53. The van der Waals surface area contributed by atoms with Gasteiger partial charge in [-0.25, -0.2) is 0 Å². The van der Waals surface area contributed by atoms with Crippen LogP contribution in [-0.4, -0.2) is 9.97 Å². The van der Waals surface area contributed by atoms with Gasteiger partial charge in [-0.1, -0.05) is 48.6 Å². The first-order valence-electron chi connectivity index (χ1n) is 6.87. The highest BCUT2D eigenvalue weighted by atomic mass is 32.1. The van der Waals surface area contributed by atoms with Gasteiger partial charge < -0.3 is 5.73 Å². The molecule has 0 fully saturated rings. The maximum Gasteiger partial charge on any atom is 0.0845 e. The fourth-order valence-electron chi connectivity index (χ4n) is 2.51. The Hall–Kier alpha value is -2.18. The van der Waals surface area contributed by atoms with Crippen LogP contribution in [0.3, 0.4) is 0 Å². The number of hydrogen-bond acceptors (Lipinski definition) is 2. The molecule has 1 heterocycles. The fourth-order valence-corrected chi connectivity index (χ4v) is 2.80. The van der Waals surface area contributed by atoms with Crippen molar-refractivity contribution in [2.45, 2.75) is 24.7 Å². The number of benzene rings is 1. The zero-order chi connectivity index (χ0) is 15.1. The van der Waals surface area contributed by atoms with E-state index in [2.05, 4.69) is 23.0 Å². The smallest absolute Gasteiger partial charge is 0.0845 e. The summed E-state index contributed by atoms with van der Waals surface area (Å²) in [7, 11) is 0. The van der Waals surface area contributed by atoms with Gasteiger partial charge in [0.2, 0.25) is 0 Å². The molecule has 21 heavy (non-hydrogen) atoms. The van der Waals surface area contributed by atoms with Crippen LogP contribution < -0.4 is 5.73 Å². The topological polar surface area (TPSA) is 38.9 Å². The molecular weight excluding hydrogens is 276 g/mol. The summed E-state index contributed by atoms with van der Waals surface area (Å²) in [4.78, 5) is 4.62. The van der Waals surface area contributed by atoms with E-state index in [9.17, 15) is 0 Å². The average molecular weight is 294 g/mol. The minimum Gasteiger partial charge on any atom is -0.393 e. The molecule has 0 aliphatic rings. The maximum absolute atomic E-state index is 6.06. The number of aryl methyl sites for hydroxylation is 1. The molecular formula is C18H18N2S. The lowest BCUT2D eigenvalue weighted by molar-refractivity contribution is 0.539. The Labute approximate surface area is 131 Å². The minimum absolute atomic E-state index is 0.435. The summed E-state index contributed by atoms with van der Waals surface area (Å²) in [6.45, 7) is 0. The van der Waals surface area contributed by atoms with Gasteiger partial charge >= 0.3 is 0 Å². The van der Waals surface area contributed by atoms with E-state index in [0.717, 1.165) is 18.4 Å². The van der Waals surface area contributed by atoms with E-state index >= 15 is 0 Å². The van der Waals surface area contributed by atoms with E-state index in [1.807, 2.05) is 36.5 Å². The molecule has 106 valence electrons. The molecule has 2 aromatic rings. The van der Waals surface area contributed by atoms with Crippen molar-refractivity contribution in [1.82, 2.24) is 4.98 Å². The number of thiocarbonyl (C=S) groups is 1. The molecule has 0 radical (unpaired) electrons. The summed E-state index contributed by atoms with van der Waals surface area (Å²) in [5.41, 5.74) is 7.81. The van der Waals surface area contributed by atoms with Gasteiger partial charge in [-0.3, -0.25) is 4.98 Å². The molecule has 1 atom stereocenters. The minimum atomic E-state index is -0.492. The predicted octanol–water partition coefficient (Wildman–Crippen LogP) is 3.26. The highest BCUT2D eigenvalue weighted by Gasteiger charge is 2.34. The Kier molecular flexibility index (Phi) is 5.08. The quantitative estimate of drug-likeness (QED) is 0.656.